The molecule has 2 aromatic heterocycles. The lowest BCUT2D eigenvalue weighted by Gasteiger charge is -2.36. The van der Waals surface area contributed by atoms with Gasteiger partial charge in [0.25, 0.3) is 11.8 Å². The van der Waals surface area contributed by atoms with Crippen LogP contribution in [0, 0.1) is 0 Å². The van der Waals surface area contributed by atoms with Crippen molar-refractivity contribution in [2.45, 2.75) is 12.5 Å². The first-order valence-electron chi connectivity index (χ1n) is 9.05. The minimum atomic E-state index is -0.607. The topological polar surface area (TPSA) is 82.9 Å². The van der Waals surface area contributed by atoms with Gasteiger partial charge >= 0.3 is 0 Å². The van der Waals surface area contributed by atoms with E-state index in [1.807, 2.05) is 23.8 Å². The second kappa shape index (κ2) is 9.79. The lowest BCUT2D eigenvalue weighted by atomic mass is 10.1. The molecular formula is C19H23N3O4S2. The third-order valence-corrected chi connectivity index (χ3v) is 6.07. The summed E-state index contributed by atoms with van der Waals surface area (Å²) in [5.41, 5.74) is 0. The molecular weight excluding hydrogens is 398 g/mol. The van der Waals surface area contributed by atoms with Crippen LogP contribution in [0.5, 0.6) is 0 Å². The molecule has 0 spiro atoms. The van der Waals surface area contributed by atoms with Gasteiger partial charge in [0.2, 0.25) is 5.91 Å². The SMILES string of the molecule is CSCC[C@H](NC(=O)c1ccco1)C(=O)N1CCN(C(=O)c2cccs2)CC1. The summed E-state index contributed by atoms with van der Waals surface area (Å²) in [7, 11) is 0. The molecule has 0 radical (unpaired) electrons. The molecule has 0 bridgehead atoms. The average Bonchev–Trinajstić information content (AvgIpc) is 3.44. The number of nitrogens with zero attached hydrogens (tertiary/aromatic N) is 2. The van der Waals surface area contributed by atoms with Crippen molar-refractivity contribution in [3.8, 4) is 0 Å². The lowest BCUT2D eigenvalue weighted by molar-refractivity contribution is -0.134. The third-order valence-electron chi connectivity index (χ3n) is 4.57. The molecule has 1 aliphatic rings. The van der Waals surface area contributed by atoms with E-state index in [-0.39, 0.29) is 17.6 Å². The van der Waals surface area contributed by atoms with E-state index in [4.69, 9.17) is 4.42 Å². The van der Waals surface area contributed by atoms with Crippen molar-refractivity contribution < 1.29 is 18.8 Å². The molecule has 3 amide bonds. The molecule has 28 heavy (non-hydrogen) atoms. The molecule has 3 heterocycles. The Morgan fingerprint density at radius 3 is 2.54 bits per heavy atom. The van der Waals surface area contributed by atoms with Crippen LogP contribution in [0.1, 0.15) is 26.6 Å². The number of hydrogen-bond donors (Lipinski definition) is 1. The Kier molecular flexibility index (Phi) is 7.16. The highest BCUT2D eigenvalue weighted by Gasteiger charge is 2.30. The largest absolute Gasteiger partial charge is 0.459 e. The van der Waals surface area contributed by atoms with Gasteiger partial charge < -0.3 is 19.5 Å². The minimum Gasteiger partial charge on any atom is -0.459 e. The molecule has 0 aromatic carbocycles. The molecule has 2 aromatic rings. The van der Waals surface area contributed by atoms with Gasteiger partial charge in [0.15, 0.2) is 5.76 Å². The van der Waals surface area contributed by atoms with Crippen molar-refractivity contribution in [3.05, 3.63) is 46.5 Å². The van der Waals surface area contributed by atoms with Crippen LogP contribution in [0.15, 0.2) is 40.3 Å². The lowest BCUT2D eigenvalue weighted by Crippen LogP contribution is -2.56. The molecule has 1 atom stereocenters. The highest BCUT2D eigenvalue weighted by Crippen LogP contribution is 2.15. The molecule has 0 saturated carbocycles. The van der Waals surface area contributed by atoms with E-state index >= 15 is 0 Å². The second-order valence-electron chi connectivity index (χ2n) is 6.38. The number of piperazine rings is 1. The summed E-state index contributed by atoms with van der Waals surface area (Å²) in [6.07, 6.45) is 3.93. The van der Waals surface area contributed by atoms with Crippen LogP contribution in [0.2, 0.25) is 0 Å². The second-order valence-corrected chi connectivity index (χ2v) is 8.31. The maximum absolute atomic E-state index is 13.0. The number of thiophene rings is 1. The Morgan fingerprint density at radius 1 is 1.18 bits per heavy atom. The van der Waals surface area contributed by atoms with E-state index in [0.717, 1.165) is 5.75 Å². The van der Waals surface area contributed by atoms with Crippen molar-refractivity contribution >= 4 is 40.8 Å². The number of hydrogen-bond acceptors (Lipinski definition) is 6. The van der Waals surface area contributed by atoms with Gasteiger partial charge in [0.05, 0.1) is 11.1 Å². The number of nitrogens with one attached hydrogen (secondary N) is 1. The molecule has 150 valence electrons. The maximum Gasteiger partial charge on any atom is 0.287 e. The first-order valence-corrected chi connectivity index (χ1v) is 11.3. The van der Waals surface area contributed by atoms with Gasteiger partial charge in [0, 0.05) is 26.2 Å². The van der Waals surface area contributed by atoms with E-state index in [9.17, 15) is 14.4 Å². The van der Waals surface area contributed by atoms with Crippen LogP contribution in [0.3, 0.4) is 0 Å². The quantitative estimate of drug-likeness (QED) is 0.741. The van der Waals surface area contributed by atoms with Crippen molar-refractivity contribution in [2.24, 2.45) is 0 Å². The summed E-state index contributed by atoms with van der Waals surface area (Å²) in [4.78, 5) is 42.0. The highest BCUT2D eigenvalue weighted by molar-refractivity contribution is 7.98. The van der Waals surface area contributed by atoms with Crippen molar-refractivity contribution in [1.29, 1.82) is 0 Å². The van der Waals surface area contributed by atoms with Crippen LogP contribution in [0.25, 0.3) is 0 Å². The number of furan rings is 1. The number of rotatable bonds is 7. The summed E-state index contributed by atoms with van der Waals surface area (Å²) in [6.45, 7) is 1.90. The fourth-order valence-corrected chi connectivity index (χ4v) is 4.20. The molecule has 9 heteroatoms. The van der Waals surface area contributed by atoms with Crippen LogP contribution in [-0.4, -0.2) is 71.8 Å². The molecule has 1 N–H and O–H groups in total. The Labute approximate surface area is 172 Å². The van der Waals surface area contributed by atoms with Gasteiger partial charge in [-0.15, -0.1) is 11.3 Å². The molecule has 3 rings (SSSR count). The van der Waals surface area contributed by atoms with Crippen molar-refractivity contribution in [1.82, 2.24) is 15.1 Å². The standard InChI is InChI=1S/C19H23N3O4S2/c1-27-13-6-14(20-17(23)15-4-2-11-26-15)18(24)21-7-9-22(10-8-21)19(25)16-5-3-12-28-16/h2-5,11-12,14H,6-10,13H2,1H3,(H,20,23)/t14-/m0/s1. The Balaban J connectivity index is 1.58. The molecule has 1 saturated heterocycles. The van der Waals surface area contributed by atoms with Crippen molar-refractivity contribution in [2.75, 3.05) is 38.2 Å². The first kappa shape index (κ1) is 20.5. The van der Waals surface area contributed by atoms with E-state index < -0.39 is 11.9 Å². The average molecular weight is 422 g/mol. The Morgan fingerprint density at radius 2 is 1.93 bits per heavy atom. The van der Waals surface area contributed by atoms with Gasteiger partial charge in [-0.05, 0) is 42.0 Å². The predicted molar refractivity (Wildman–Crippen MR) is 110 cm³/mol. The monoisotopic (exact) mass is 421 g/mol. The van der Waals surface area contributed by atoms with E-state index in [2.05, 4.69) is 5.32 Å². The molecule has 1 fully saturated rings. The highest BCUT2D eigenvalue weighted by atomic mass is 32.2. The number of amides is 3. The van der Waals surface area contributed by atoms with E-state index in [1.54, 1.807) is 33.7 Å². The molecule has 0 unspecified atom stereocenters. The summed E-state index contributed by atoms with van der Waals surface area (Å²) in [5.74, 6) is 0.444. The van der Waals surface area contributed by atoms with Gasteiger partial charge in [-0.2, -0.15) is 11.8 Å². The summed E-state index contributed by atoms with van der Waals surface area (Å²) < 4.78 is 5.12. The van der Waals surface area contributed by atoms with Crippen LogP contribution in [-0.2, 0) is 4.79 Å². The molecule has 7 nitrogen and oxygen atoms in total. The third kappa shape index (κ3) is 4.96. The van der Waals surface area contributed by atoms with Gasteiger partial charge in [-0.3, -0.25) is 14.4 Å². The van der Waals surface area contributed by atoms with E-state index in [1.165, 1.54) is 17.6 Å². The van der Waals surface area contributed by atoms with Crippen LogP contribution in [0.4, 0.5) is 0 Å². The van der Waals surface area contributed by atoms with Crippen LogP contribution >= 0.6 is 23.1 Å². The normalized spacial score (nSPS) is 15.3. The Hall–Kier alpha value is -2.26. The summed E-state index contributed by atoms with van der Waals surface area (Å²) in [5, 5.41) is 4.67. The molecule has 0 aliphatic carbocycles. The predicted octanol–water partition coefficient (Wildman–Crippen LogP) is 2.18. The minimum absolute atomic E-state index is 0.00662. The van der Waals surface area contributed by atoms with Gasteiger partial charge in [-0.25, -0.2) is 0 Å². The Bertz CT molecular complexity index is 784. The van der Waals surface area contributed by atoms with E-state index in [0.29, 0.717) is 37.5 Å². The first-order chi connectivity index (χ1) is 13.6. The van der Waals surface area contributed by atoms with Crippen LogP contribution < -0.4 is 5.32 Å². The van der Waals surface area contributed by atoms with Gasteiger partial charge in [-0.1, -0.05) is 6.07 Å². The smallest absolute Gasteiger partial charge is 0.287 e. The van der Waals surface area contributed by atoms with Crippen molar-refractivity contribution in [3.63, 3.8) is 0 Å². The fraction of sp³-hybridized carbons (Fsp3) is 0.421. The number of thioether (sulfide) groups is 1. The number of carbonyl (C=O) groups is 3. The zero-order valence-electron chi connectivity index (χ0n) is 15.6. The summed E-state index contributed by atoms with van der Waals surface area (Å²) >= 11 is 3.04. The number of carbonyl (C=O) groups excluding carboxylic acids is 3. The zero-order chi connectivity index (χ0) is 19.9. The fourth-order valence-electron chi connectivity index (χ4n) is 3.04. The molecule has 1 aliphatic heterocycles. The summed E-state index contributed by atoms with van der Waals surface area (Å²) in [6, 6.07) is 6.27. The van der Waals surface area contributed by atoms with Gasteiger partial charge in [0.1, 0.15) is 6.04 Å². The zero-order valence-corrected chi connectivity index (χ0v) is 17.3. The maximum atomic E-state index is 13.0.